The predicted molar refractivity (Wildman–Crippen MR) is 34.8 cm³/mol. The van der Waals surface area contributed by atoms with Crippen LogP contribution in [-0.4, -0.2) is 4.98 Å². The van der Waals surface area contributed by atoms with Gasteiger partial charge in [0.15, 0.2) is 0 Å². The molecule has 2 aromatic heterocycles. The van der Waals surface area contributed by atoms with Crippen molar-refractivity contribution < 1.29 is 9.37 Å². The standard InChI is InChI=1S/C7H5FN2/c8-6-2-4-10-7-5(6)1-3-9-7/h1-4H,(H,9,10)/p+1. The van der Waals surface area contributed by atoms with Gasteiger partial charge in [0.25, 0.3) is 5.65 Å². The summed E-state index contributed by atoms with van der Waals surface area (Å²) in [5.41, 5.74) is 0.722. The van der Waals surface area contributed by atoms with Gasteiger partial charge in [-0.1, -0.05) is 0 Å². The van der Waals surface area contributed by atoms with E-state index < -0.39 is 0 Å². The number of fused-ring (bicyclic) bond motifs is 1. The zero-order chi connectivity index (χ0) is 6.97. The monoisotopic (exact) mass is 137 g/mol. The van der Waals surface area contributed by atoms with Gasteiger partial charge in [0, 0.05) is 6.07 Å². The fraction of sp³-hybridized carbons (Fsp3) is 0. The molecule has 0 fully saturated rings. The van der Waals surface area contributed by atoms with Crippen LogP contribution in [0, 0.1) is 5.82 Å². The number of hydrogen-bond acceptors (Lipinski definition) is 0. The summed E-state index contributed by atoms with van der Waals surface area (Å²) in [7, 11) is 0. The molecular formula is C7H6FN2+. The number of pyridine rings is 1. The van der Waals surface area contributed by atoms with Crippen molar-refractivity contribution in [1.29, 1.82) is 0 Å². The number of nitrogens with one attached hydrogen (secondary N) is 2. The molecule has 10 heavy (non-hydrogen) atoms. The number of aromatic nitrogens is 2. The molecule has 50 valence electrons. The second kappa shape index (κ2) is 1.80. The minimum absolute atomic E-state index is 0.199. The lowest BCUT2D eigenvalue weighted by molar-refractivity contribution is -0.347. The number of rotatable bonds is 0. The lowest BCUT2D eigenvalue weighted by Gasteiger charge is -1.83. The third kappa shape index (κ3) is 0.603. The van der Waals surface area contributed by atoms with Crippen molar-refractivity contribution in [3.63, 3.8) is 0 Å². The van der Waals surface area contributed by atoms with Crippen LogP contribution in [0.25, 0.3) is 11.0 Å². The molecule has 0 saturated heterocycles. The van der Waals surface area contributed by atoms with Crippen LogP contribution in [0.4, 0.5) is 4.39 Å². The summed E-state index contributed by atoms with van der Waals surface area (Å²) in [6, 6.07) is 3.09. The number of halogens is 1. The maximum Gasteiger partial charge on any atom is 0.287 e. The molecule has 2 rings (SSSR count). The van der Waals surface area contributed by atoms with E-state index in [1.807, 2.05) is 0 Å². The Hall–Kier alpha value is -1.38. The van der Waals surface area contributed by atoms with Crippen molar-refractivity contribution in [3.05, 3.63) is 30.3 Å². The number of H-pyrrole nitrogens is 2. The molecule has 2 heterocycles. The highest BCUT2D eigenvalue weighted by molar-refractivity contribution is 5.72. The Bertz CT molecular complexity index is 353. The third-order valence-corrected chi connectivity index (χ3v) is 1.46. The van der Waals surface area contributed by atoms with Crippen LogP contribution >= 0.6 is 0 Å². The molecule has 0 aliphatic carbocycles. The molecule has 0 bridgehead atoms. The van der Waals surface area contributed by atoms with Crippen LogP contribution in [0.15, 0.2) is 24.5 Å². The first-order chi connectivity index (χ1) is 4.88. The normalized spacial score (nSPS) is 10.5. The summed E-state index contributed by atoms with van der Waals surface area (Å²) >= 11 is 0. The van der Waals surface area contributed by atoms with Gasteiger partial charge in [-0.25, -0.2) is 14.4 Å². The van der Waals surface area contributed by atoms with Crippen LogP contribution in [0.3, 0.4) is 0 Å². The first-order valence-electron chi connectivity index (χ1n) is 3.01. The zero-order valence-electron chi connectivity index (χ0n) is 5.19. The van der Waals surface area contributed by atoms with E-state index in [1.165, 1.54) is 6.07 Å². The first-order valence-corrected chi connectivity index (χ1v) is 3.01. The van der Waals surface area contributed by atoms with Crippen LogP contribution in [-0.2, 0) is 0 Å². The summed E-state index contributed by atoms with van der Waals surface area (Å²) in [5, 5.41) is 0.600. The fourth-order valence-corrected chi connectivity index (χ4v) is 0.976. The molecule has 2 aromatic rings. The molecule has 0 unspecified atom stereocenters. The Kier molecular flexibility index (Phi) is 0.974. The fourth-order valence-electron chi connectivity index (χ4n) is 0.976. The van der Waals surface area contributed by atoms with Crippen molar-refractivity contribution >= 4 is 11.0 Å². The lowest BCUT2D eigenvalue weighted by atomic mass is 10.3. The Morgan fingerprint density at radius 2 is 2.30 bits per heavy atom. The summed E-state index contributed by atoms with van der Waals surface area (Å²) < 4.78 is 12.8. The van der Waals surface area contributed by atoms with Gasteiger partial charge in [-0.3, -0.25) is 0 Å². The molecule has 0 atom stereocenters. The second-order valence-corrected chi connectivity index (χ2v) is 2.09. The van der Waals surface area contributed by atoms with E-state index in [0.717, 1.165) is 5.65 Å². The van der Waals surface area contributed by atoms with Crippen LogP contribution < -0.4 is 4.98 Å². The molecule has 0 amide bonds. The molecule has 0 aliphatic rings. The minimum atomic E-state index is -0.199. The van der Waals surface area contributed by atoms with Crippen molar-refractivity contribution in [3.8, 4) is 0 Å². The SMILES string of the molecule is Fc1cc[nH+]c2[nH]ccc12. The van der Waals surface area contributed by atoms with Crippen molar-refractivity contribution in [2.45, 2.75) is 0 Å². The summed E-state index contributed by atoms with van der Waals surface area (Å²) in [6.45, 7) is 0. The molecular weight excluding hydrogens is 131 g/mol. The molecule has 0 spiro atoms. The maximum absolute atomic E-state index is 12.8. The van der Waals surface area contributed by atoms with Crippen LogP contribution in [0.2, 0.25) is 0 Å². The quantitative estimate of drug-likeness (QED) is 0.564. The molecule has 0 aliphatic heterocycles. The Balaban J connectivity index is 2.95. The van der Waals surface area contributed by atoms with E-state index in [4.69, 9.17) is 0 Å². The highest BCUT2D eigenvalue weighted by Gasteiger charge is 2.04. The van der Waals surface area contributed by atoms with E-state index in [9.17, 15) is 4.39 Å². The average Bonchev–Trinajstić information content (AvgIpc) is 2.36. The van der Waals surface area contributed by atoms with Crippen LogP contribution in [0.5, 0.6) is 0 Å². The molecule has 3 heteroatoms. The number of aromatic amines is 2. The molecule has 0 saturated carbocycles. The largest absolute Gasteiger partial charge is 0.287 e. The van der Waals surface area contributed by atoms with Crippen molar-refractivity contribution in [1.82, 2.24) is 4.98 Å². The zero-order valence-corrected chi connectivity index (χ0v) is 5.19. The van der Waals surface area contributed by atoms with E-state index >= 15 is 0 Å². The van der Waals surface area contributed by atoms with Gasteiger partial charge in [-0.15, -0.1) is 0 Å². The Morgan fingerprint density at radius 1 is 1.40 bits per heavy atom. The number of hydrogen-bond donors (Lipinski definition) is 1. The molecule has 2 N–H and O–H groups in total. The van der Waals surface area contributed by atoms with Gasteiger partial charge < -0.3 is 0 Å². The van der Waals surface area contributed by atoms with Gasteiger partial charge in [0.2, 0.25) is 0 Å². The average molecular weight is 137 g/mol. The molecule has 0 radical (unpaired) electrons. The van der Waals surface area contributed by atoms with Gasteiger partial charge in [0.1, 0.15) is 11.2 Å². The smallest absolute Gasteiger partial charge is 0.247 e. The van der Waals surface area contributed by atoms with Gasteiger partial charge in [-0.2, -0.15) is 0 Å². The lowest BCUT2D eigenvalue weighted by Crippen LogP contribution is -2.02. The molecule has 0 aromatic carbocycles. The van der Waals surface area contributed by atoms with Gasteiger partial charge in [0.05, 0.1) is 12.4 Å². The predicted octanol–water partition coefficient (Wildman–Crippen LogP) is 1.12. The first kappa shape index (κ1) is 5.41. The van der Waals surface area contributed by atoms with Gasteiger partial charge >= 0.3 is 0 Å². The Morgan fingerprint density at radius 3 is 3.10 bits per heavy atom. The topological polar surface area (TPSA) is 29.9 Å². The molecule has 2 nitrogen and oxygen atoms in total. The van der Waals surface area contributed by atoms with E-state index in [-0.39, 0.29) is 5.82 Å². The van der Waals surface area contributed by atoms with Gasteiger partial charge in [-0.05, 0) is 6.07 Å². The second-order valence-electron chi connectivity index (χ2n) is 2.09. The Labute approximate surface area is 56.7 Å². The van der Waals surface area contributed by atoms with E-state index in [2.05, 4.69) is 9.97 Å². The summed E-state index contributed by atoms with van der Waals surface area (Å²) in [4.78, 5) is 5.74. The van der Waals surface area contributed by atoms with E-state index in [0.29, 0.717) is 5.39 Å². The maximum atomic E-state index is 12.8. The summed E-state index contributed by atoms with van der Waals surface area (Å²) in [6.07, 6.45) is 3.26. The van der Waals surface area contributed by atoms with Crippen LogP contribution in [0.1, 0.15) is 0 Å². The van der Waals surface area contributed by atoms with E-state index in [1.54, 1.807) is 18.5 Å². The van der Waals surface area contributed by atoms with Crippen molar-refractivity contribution in [2.24, 2.45) is 0 Å². The van der Waals surface area contributed by atoms with Crippen molar-refractivity contribution in [2.75, 3.05) is 0 Å². The highest BCUT2D eigenvalue weighted by atomic mass is 19.1. The minimum Gasteiger partial charge on any atom is -0.247 e. The summed E-state index contributed by atoms with van der Waals surface area (Å²) in [5.74, 6) is -0.199. The highest BCUT2D eigenvalue weighted by Crippen LogP contribution is 2.09. The third-order valence-electron chi connectivity index (χ3n) is 1.46.